The van der Waals surface area contributed by atoms with Gasteiger partial charge >= 0.3 is 0 Å². The Morgan fingerprint density at radius 1 is 1.11 bits per heavy atom. The normalized spacial score (nSPS) is 10.8. The van der Waals surface area contributed by atoms with Crippen molar-refractivity contribution in [2.45, 2.75) is 26.7 Å². The Kier molecular flexibility index (Phi) is 6.03. The summed E-state index contributed by atoms with van der Waals surface area (Å²) >= 11 is 0. The summed E-state index contributed by atoms with van der Waals surface area (Å²) in [5, 5.41) is 2.64. The number of halogens is 1. The number of benzene rings is 1. The molecule has 3 rings (SSSR count). The zero-order valence-corrected chi connectivity index (χ0v) is 16.0. The average molecular weight is 382 g/mol. The number of nitrogens with one attached hydrogen (secondary N) is 1. The van der Waals surface area contributed by atoms with Crippen molar-refractivity contribution in [1.82, 2.24) is 14.3 Å². The van der Waals surface area contributed by atoms with Crippen molar-refractivity contribution in [3.8, 4) is 0 Å². The van der Waals surface area contributed by atoms with Crippen molar-refractivity contribution in [2.24, 2.45) is 0 Å². The van der Waals surface area contributed by atoms with Crippen LogP contribution in [0.5, 0.6) is 0 Å². The van der Waals surface area contributed by atoms with E-state index in [1.54, 1.807) is 39.8 Å². The van der Waals surface area contributed by atoms with Crippen LogP contribution in [-0.4, -0.2) is 39.2 Å². The third-order valence-electron chi connectivity index (χ3n) is 4.31. The van der Waals surface area contributed by atoms with E-state index < -0.39 is 11.7 Å². The predicted molar refractivity (Wildman–Crippen MR) is 106 cm³/mol. The molecule has 0 unspecified atom stereocenters. The van der Waals surface area contributed by atoms with Crippen LogP contribution in [0.25, 0.3) is 5.52 Å². The highest BCUT2D eigenvalue weighted by Crippen LogP contribution is 2.18. The second-order valence-electron chi connectivity index (χ2n) is 6.50. The number of hydrogen-bond acceptors (Lipinski definition) is 3. The Balaban J connectivity index is 1.98. The van der Waals surface area contributed by atoms with Crippen LogP contribution < -0.4 is 5.32 Å². The highest BCUT2D eigenvalue weighted by atomic mass is 19.1. The van der Waals surface area contributed by atoms with Crippen LogP contribution >= 0.6 is 0 Å². The molecule has 0 aliphatic heterocycles. The molecule has 0 spiro atoms. The maximum absolute atomic E-state index is 13.4. The summed E-state index contributed by atoms with van der Waals surface area (Å²) in [5.74, 6) is -0.958. The first-order valence-corrected chi connectivity index (χ1v) is 9.38. The maximum atomic E-state index is 13.4. The second kappa shape index (κ2) is 8.65. The summed E-state index contributed by atoms with van der Waals surface area (Å²) in [6.07, 6.45) is 3.38. The van der Waals surface area contributed by atoms with Gasteiger partial charge in [0.25, 0.3) is 11.8 Å². The van der Waals surface area contributed by atoms with Crippen LogP contribution in [0.4, 0.5) is 10.1 Å². The highest BCUT2D eigenvalue weighted by molar-refractivity contribution is 6.08. The van der Waals surface area contributed by atoms with E-state index >= 15 is 0 Å². The van der Waals surface area contributed by atoms with Crippen LogP contribution in [0.2, 0.25) is 0 Å². The Hall–Kier alpha value is -3.22. The number of nitrogens with zero attached hydrogens (tertiary/aromatic N) is 3. The lowest BCUT2D eigenvalue weighted by molar-refractivity contribution is 0.0742. The molecule has 1 aromatic carbocycles. The molecule has 2 heterocycles. The minimum atomic E-state index is -0.495. The average Bonchev–Trinajstić information content (AvgIpc) is 3.07. The van der Waals surface area contributed by atoms with Gasteiger partial charge in [-0.05, 0) is 43.2 Å². The fourth-order valence-electron chi connectivity index (χ4n) is 3.11. The quantitative estimate of drug-likeness (QED) is 0.672. The van der Waals surface area contributed by atoms with E-state index in [4.69, 9.17) is 0 Å². The molecule has 28 heavy (non-hydrogen) atoms. The smallest absolute Gasteiger partial charge is 0.290 e. The lowest BCUT2D eigenvalue weighted by Crippen LogP contribution is -2.33. The molecule has 0 aliphatic carbocycles. The van der Waals surface area contributed by atoms with Crippen LogP contribution in [0, 0.1) is 5.82 Å². The molecule has 7 heteroatoms. The lowest BCUT2D eigenvalue weighted by Gasteiger charge is -2.20. The zero-order valence-electron chi connectivity index (χ0n) is 16.0. The van der Waals surface area contributed by atoms with Gasteiger partial charge in [-0.3, -0.25) is 14.0 Å². The number of rotatable bonds is 7. The number of carbonyl (C=O) groups excluding carboxylic acids is 2. The van der Waals surface area contributed by atoms with E-state index in [1.807, 2.05) is 13.8 Å². The predicted octanol–water partition coefficient (Wildman–Crippen LogP) is 3.99. The topological polar surface area (TPSA) is 66.7 Å². The van der Waals surface area contributed by atoms with Gasteiger partial charge in [0, 0.05) is 25.0 Å². The molecule has 0 bridgehead atoms. The molecule has 0 saturated carbocycles. The molecular weight excluding hydrogens is 359 g/mol. The summed E-state index contributed by atoms with van der Waals surface area (Å²) in [6.45, 7) is 5.27. The number of carbonyl (C=O) groups is 2. The summed E-state index contributed by atoms with van der Waals surface area (Å²) in [7, 11) is 0. The summed E-state index contributed by atoms with van der Waals surface area (Å²) < 4.78 is 15.0. The van der Waals surface area contributed by atoms with Crippen molar-refractivity contribution < 1.29 is 14.0 Å². The first-order valence-electron chi connectivity index (χ1n) is 9.38. The third kappa shape index (κ3) is 4.03. The zero-order chi connectivity index (χ0) is 20.1. The number of amides is 2. The number of imidazole rings is 1. The molecule has 3 aromatic rings. The number of aromatic nitrogens is 2. The van der Waals surface area contributed by atoms with Gasteiger partial charge in [0.05, 0.1) is 5.52 Å². The molecule has 0 aliphatic rings. The van der Waals surface area contributed by atoms with E-state index in [-0.39, 0.29) is 17.4 Å². The Bertz CT molecular complexity index is 993. The number of anilines is 1. The third-order valence-corrected chi connectivity index (χ3v) is 4.31. The monoisotopic (exact) mass is 382 g/mol. The van der Waals surface area contributed by atoms with Gasteiger partial charge in [-0.25, -0.2) is 9.37 Å². The highest BCUT2D eigenvalue weighted by Gasteiger charge is 2.24. The van der Waals surface area contributed by atoms with Gasteiger partial charge in [0.2, 0.25) is 5.82 Å². The van der Waals surface area contributed by atoms with Crippen LogP contribution in [0.1, 0.15) is 47.8 Å². The minimum absolute atomic E-state index is 0.126. The van der Waals surface area contributed by atoms with Gasteiger partial charge in [-0.1, -0.05) is 26.0 Å². The van der Waals surface area contributed by atoms with E-state index in [0.717, 1.165) is 12.8 Å². The van der Waals surface area contributed by atoms with Gasteiger partial charge in [0.1, 0.15) is 5.82 Å². The van der Waals surface area contributed by atoms with E-state index in [0.29, 0.717) is 24.3 Å². The van der Waals surface area contributed by atoms with Crippen molar-refractivity contribution in [3.63, 3.8) is 0 Å². The van der Waals surface area contributed by atoms with Crippen molar-refractivity contribution in [2.75, 3.05) is 18.4 Å². The van der Waals surface area contributed by atoms with Gasteiger partial charge in [-0.15, -0.1) is 0 Å². The molecule has 0 atom stereocenters. The molecular formula is C21H23FN4O2. The SMILES string of the molecule is CCCN(CCC)C(=O)c1nc(C(=O)Nc2cccc(F)c2)c2ccccn12. The summed E-state index contributed by atoms with van der Waals surface area (Å²) in [4.78, 5) is 31.9. The molecule has 0 fully saturated rings. The van der Waals surface area contributed by atoms with E-state index in [2.05, 4.69) is 10.3 Å². The maximum Gasteiger partial charge on any atom is 0.290 e. The van der Waals surface area contributed by atoms with Crippen molar-refractivity contribution >= 4 is 23.0 Å². The van der Waals surface area contributed by atoms with Gasteiger partial charge in [0.15, 0.2) is 5.69 Å². The molecule has 1 N–H and O–H groups in total. The van der Waals surface area contributed by atoms with Gasteiger partial charge in [-0.2, -0.15) is 0 Å². The fraction of sp³-hybridized carbons (Fsp3) is 0.286. The van der Waals surface area contributed by atoms with E-state index in [1.165, 1.54) is 18.2 Å². The fourth-order valence-corrected chi connectivity index (χ4v) is 3.11. The van der Waals surface area contributed by atoms with Crippen LogP contribution in [-0.2, 0) is 0 Å². The molecule has 0 radical (unpaired) electrons. The van der Waals surface area contributed by atoms with Crippen LogP contribution in [0.3, 0.4) is 0 Å². The lowest BCUT2D eigenvalue weighted by atomic mass is 10.2. The van der Waals surface area contributed by atoms with Crippen molar-refractivity contribution in [1.29, 1.82) is 0 Å². The number of fused-ring (bicyclic) bond motifs is 1. The number of pyridine rings is 1. The molecule has 146 valence electrons. The van der Waals surface area contributed by atoms with E-state index in [9.17, 15) is 14.0 Å². The number of hydrogen-bond donors (Lipinski definition) is 1. The Morgan fingerprint density at radius 2 is 1.86 bits per heavy atom. The Labute approximate surface area is 163 Å². The van der Waals surface area contributed by atoms with Crippen molar-refractivity contribution in [3.05, 3.63) is 66.0 Å². The Morgan fingerprint density at radius 3 is 2.54 bits per heavy atom. The first-order chi connectivity index (χ1) is 13.5. The first kappa shape index (κ1) is 19.5. The second-order valence-corrected chi connectivity index (χ2v) is 6.50. The largest absolute Gasteiger partial charge is 0.336 e. The summed E-state index contributed by atoms with van der Waals surface area (Å²) in [5.41, 5.74) is 0.974. The summed E-state index contributed by atoms with van der Waals surface area (Å²) in [6, 6.07) is 10.9. The minimum Gasteiger partial charge on any atom is -0.336 e. The molecule has 0 saturated heterocycles. The molecule has 2 aromatic heterocycles. The molecule has 6 nitrogen and oxygen atoms in total. The molecule has 2 amide bonds. The standard InChI is InChI=1S/C21H23FN4O2/c1-3-11-25(12-4-2)21(28)19-24-18(17-10-5-6-13-26(17)19)20(27)23-16-9-7-8-15(22)14-16/h5-10,13-14H,3-4,11-12H2,1-2H3,(H,23,27). The van der Waals surface area contributed by atoms with Crippen LogP contribution in [0.15, 0.2) is 48.7 Å². The van der Waals surface area contributed by atoms with Gasteiger partial charge < -0.3 is 10.2 Å².